The van der Waals surface area contributed by atoms with Gasteiger partial charge in [-0.25, -0.2) is 4.39 Å². The molecule has 5 heterocycles. The van der Waals surface area contributed by atoms with Gasteiger partial charge < -0.3 is 0 Å². The number of benzene rings is 2. The van der Waals surface area contributed by atoms with Gasteiger partial charge in [0, 0.05) is 71.8 Å². The number of hydrogen-bond donors (Lipinski definition) is 0. The third-order valence-corrected chi connectivity index (χ3v) is 7.28. The van der Waals surface area contributed by atoms with E-state index in [0.29, 0.717) is 0 Å². The van der Waals surface area contributed by atoms with Crippen LogP contribution in [-0.4, -0.2) is 24.9 Å². The van der Waals surface area contributed by atoms with Crippen LogP contribution in [-0.2, 0) is 0 Å². The van der Waals surface area contributed by atoms with Gasteiger partial charge in [0.25, 0.3) is 0 Å². The number of halogens is 1. The number of pyridine rings is 5. The summed E-state index contributed by atoms with van der Waals surface area (Å²) in [5.74, 6) is -0.272. The first-order valence-corrected chi connectivity index (χ1v) is 13.8. The molecule has 0 amide bonds. The number of rotatable bonds is 6. The van der Waals surface area contributed by atoms with Gasteiger partial charge in [0.2, 0.25) is 0 Å². The van der Waals surface area contributed by atoms with Crippen molar-refractivity contribution in [2.45, 2.75) is 0 Å². The van der Waals surface area contributed by atoms with Crippen molar-refractivity contribution >= 4 is 0 Å². The summed E-state index contributed by atoms with van der Waals surface area (Å²) in [5.41, 5.74) is 11.3. The lowest BCUT2D eigenvalue weighted by atomic mass is 9.93. The third kappa shape index (κ3) is 5.67. The summed E-state index contributed by atoms with van der Waals surface area (Å²) in [7, 11) is 0. The van der Waals surface area contributed by atoms with Crippen LogP contribution in [0.4, 0.5) is 4.39 Å². The summed E-state index contributed by atoms with van der Waals surface area (Å²) in [6.45, 7) is 0. The van der Waals surface area contributed by atoms with Gasteiger partial charge in [-0.1, -0.05) is 18.2 Å². The largest absolute Gasteiger partial charge is 0.265 e. The van der Waals surface area contributed by atoms with Crippen molar-refractivity contribution in [2.75, 3.05) is 0 Å². The van der Waals surface area contributed by atoms with Crippen LogP contribution in [0.2, 0.25) is 0 Å². The van der Waals surface area contributed by atoms with Gasteiger partial charge >= 0.3 is 0 Å². The van der Waals surface area contributed by atoms with E-state index in [0.717, 1.165) is 67.0 Å². The molecule has 7 rings (SSSR count). The van der Waals surface area contributed by atoms with Crippen LogP contribution in [0.5, 0.6) is 0 Å². The van der Waals surface area contributed by atoms with Crippen LogP contribution in [0, 0.1) is 5.82 Å². The monoisotopic (exact) mass is 557 g/mol. The summed E-state index contributed by atoms with van der Waals surface area (Å²) in [5, 5.41) is 0. The van der Waals surface area contributed by atoms with Crippen LogP contribution in [0.15, 0.2) is 147 Å². The van der Waals surface area contributed by atoms with Crippen molar-refractivity contribution < 1.29 is 4.39 Å². The summed E-state index contributed by atoms with van der Waals surface area (Å²) in [6.07, 6.45) is 14.5. The standard InChI is InChI=1S/C37H24FN5/c38-35-6-4-25(5-7-35)28-15-29(31-18-33(23-40-21-31)36-3-1-2-11-42-36)17-30(16-28)32-19-34(24-41-22-32)37-20-27(10-14-43-37)26-8-12-39-13-9-26/h1-24H. The molecule has 0 fully saturated rings. The molecule has 0 radical (unpaired) electrons. The maximum Gasteiger partial charge on any atom is 0.123 e. The fourth-order valence-corrected chi connectivity index (χ4v) is 5.09. The lowest BCUT2D eigenvalue weighted by Gasteiger charge is -2.13. The molecular formula is C37H24FN5. The Morgan fingerprint density at radius 1 is 0.349 bits per heavy atom. The average molecular weight is 558 g/mol. The lowest BCUT2D eigenvalue weighted by molar-refractivity contribution is 0.628. The highest BCUT2D eigenvalue weighted by Crippen LogP contribution is 2.35. The van der Waals surface area contributed by atoms with Crippen LogP contribution < -0.4 is 0 Å². The zero-order chi connectivity index (χ0) is 29.0. The Morgan fingerprint density at radius 2 is 0.884 bits per heavy atom. The molecule has 204 valence electrons. The van der Waals surface area contributed by atoms with E-state index in [2.05, 4.69) is 61.3 Å². The first kappa shape index (κ1) is 26.0. The van der Waals surface area contributed by atoms with Crippen LogP contribution in [0.3, 0.4) is 0 Å². The van der Waals surface area contributed by atoms with Crippen molar-refractivity contribution in [2.24, 2.45) is 0 Å². The van der Waals surface area contributed by atoms with Crippen molar-refractivity contribution in [1.29, 1.82) is 0 Å². The average Bonchev–Trinajstić information content (AvgIpc) is 3.09. The second-order valence-corrected chi connectivity index (χ2v) is 10.1. The molecule has 0 bridgehead atoms. The second kappa shape index (κ2) is 11.5. The second-order valence-electron chi connectivity index (χ2n) is 10.1. The van der Waals surface area contributed by atoms with E-state index in [-0.39, 0.29) is 5.82 Å². The molecule has 0 aliphatic rings. The van der Waals surface area contributed by atoms with Crippen LogP contribution in [0.25, 0.3) is 67.0 Å². The van der Waals surface area contributed by atoms with Crippen molar-refractivity contribution in [1.82, 2.24) is 24.9 Å². The zero-order valence-electron chi connectivity index (χ0n) is 23.0. The Labute approximate surface area is 248 Å². The van der Waals surface area contributed by atoms with Gasteiger partial charge in [-0.05, 0) is 112 Å². The molecule has 43 heavy (non-hydrogen) atoms. The first-order valence-electron chi connectivity index (χ1n) is 13.8. The minimum Gasteiger partial charge on any atom is -0.265 e. The van der Waals surface area contributed by atoms with Gasteiger partial charge in [-0.15, -0.1) is 0 Å². The Bertz CT molecular complexity index is 2030. The minimum atomic E-state index is -0.272. The third-order valence-electron chi connectivity index (χ3n) is 7.28. The van der Waals surface area contributed by atoms with E-state index in [4.69, 9.17) is 0 Å². The number of aromatic nitrogens is 5. The number of hydrogen-bond acceptors (Lipinski definition) is 5. The predicted octanol–water partition coefficient (Wildman–Crippen LogP) is 8.80. The summed E-state index contributed by atoms with van der Waals surface area (Å²) >= 11 is 0. The highest BCUT2D eigenvalue weighted by Gasteiger charge is 2.12. The Hall–Kier alpha value is -5.88. The molecule has 0 spiro atoms. The molecule has 5 nitrogen and oxygen atoms in total. The van der Waals surface area contributed by atoms with Crippen molar-refractivity contribution in [3.63, 3.8) is 0 Å². The van der Waals surface area contributed by atoms with E-state index in [1.807, 2.05) is 67.4 Å². The predicted molar refractivity (Wildman–Crippen MR) is 168 cm³/mol. The quantitative estimate of drug-likeness (QED) is 0.204. The Kier molecular flexibility index (Phi) is 6.99. The molecule has 2 aromatic carbocycles. The first-order chi connectivity index (χ1) is 21.2. The van der Waals surface area contributed by atoms with Gasteiger partial charge in [0.05, 0.1) is 11.4 Å². The van der Waals surface area contributed by atoms with E-state index < -0.39 is 0 Å². The summed E-state index contributed by atoms with van der Waals surface area (Å²) in [4.78, 5) is 22.4. The molecule has 0 unspecified atom stereocenters. The summed E-state index contributed by atoms with van der Waals surface area (Å²) in [6, 6.07) is 30.9. The number of nitrogens with zero attached hydrogens (tertiary/aromatic N) is 5. The van der Waals surface area contributed by atoms with E-state index in [1.165, 1.54) is 12.1 Å². The van der Waals surface area contributed by atoms with Gasteiger partial charge in [0.1, 0.15) is 5.82 Å². The fourth-order valence-electron chi connectivity index (χ4n) is 5.09. The van der Waals surface area contributed by atoms with E-state index in [1.54, 1.807) is 30.7 Å². The molecule has 6 heteroatoms. The molecule has 0 atom stereocenters. The molecule has 0 N–H and O–H groups in total. The molecule has 5 aromatic heterocycles. The molecule has 0 saturated carbocycles. The van der Waals surface area contributed by atoms with E-state index in [9.17, 15) is 4.39 Å². The lowest BCUT2D eigenvalue weighted by Crippen LogP contribution is -1.91. The van der Waals surface area contributed by atoms with Gasteiger partial charge in [0.15, 0.2) is 0 Å². The molecule has 7 aromatic rings. The molecule has 0 saturated heterocycles. The maximum atomic E-state index is 13.8. The Morgan fingerprint density at radius 3 is 1.53 bits per heavy atom. The molecule has 0 aliphatic carbocycles. The smallest absolute Gasteiger partial charge is 0.123 e. The summed E-state index contributed by atoms with van der Waals surface area (Å²) < 4.78 is 13.8. The topological polar surface area (TPSA) is 64.5 Å². The molecular weight excluding hydrogens is 533 g/mol. The van der Waals surface area contributed by atoms with Crippen molar-refractivity contribution in [3.8, 4) is 67.0 Å². The van der Waals surface area contributed by atoms with Gasteiger partial charge in [-0.3, -0.25) is 24.9 Å². The fraction of sp³-hybridized carbons (Fsp3) is 0. The van der Waals surface area contributed by atoms with Crippen LogP contribution >= 0.6 is 0 Å². The van der Waals surface area contributed by atoms with Gasteiger partial charge in [-0.2, -0.15) is 0 Å². The minimum absolute atomic E-state index is 0.272. The highest BCUT2D eigenvalue weighted by molar-refractivity contribution is 5.83. The van der Waals surface area contributed by atoms with Crippen molar-refractivity contribution in [3.05, 3.63) is 152 Å². The normalized spacial score (nSPS) is 10.9. The maximum absolute atomic E-state index is 13.8. The molecule has 0 aliphatic heterocycles. The zero-order valence-corrected chi connectivity index (χ0v) is 23.0. The highest BCUT2D eigenvalue weighted by atomic mass is 19.1. The Balaban J connectivity index is 1.33. The SMILES string of the molecule is Fc1ccc(-c2cc(-c3cncc(-c4ccccn4)c3)cc(-c3cncc(-c4cc(-c5ccncc5)ccn4)c3)c2)cc1. The van der Waals surface area contributed by atoms with Crippen LogP contribution in [0.1, 0.15) is 0 Å². The van der Waals surface area contributed by atoms with E-state index >= 15 is 0 Å².